The molecule has 5 heteroatoms. The van der Waals surface area contributed by atoms with E-state index in [1.807, 2.05) is 0 Å². The molecule has 1 rings (SSSR count). The van der Waals surface area contributed by atoms with Crippen molar-refractivity contribution >= 4 is 21.4 Å². The van der Waals surface area contributed by atoms with Crippen LogP contribution in [0.2, 0.25) is 5.02 Å². The second kappa shape index (κ2) is 4.51. The van der Waals surface area contributed by atoms with Crippen molar-refractivity contribution in [2.75, 3.05) is 6.26 Å². The van der Waals surface area contributed by atoms with Crippen LogP contribution in [0.5, 0.6) is 0 Å². The summed E-state index contributed by atoms with van der Waals surface area (Å²) in [6.07, 6.45) is 0.0915. The minimum Gasteiger partial charge on any atom is -0.387 e. The van der Waals surface area contributed by atoms with Crippen molar-refractivity contribution in [2.24, 2.45) is 0 Å². The molecule has 2 atom stereocenters. The second-order valence-corrected chi connectivity index (χ2v) is 6.37. The first-order valence-electron chi connectivity index (χ1n) is 4.45. The van der Waals surface area contributed by atoms with E-state index in [0.29, 0.717) is 10.6 Å². The quantitative estimate of drug-likeness (QED) is 0.888. The molecular formula is C10H13ClO3S. The average Bonchev–Trinajstić information content (AvgIpc) is 2.15. The van der Waals surface area contributed by atoms with Crippen molar-refractivity contribution in [3.05, 3.63) is 34.9 Å². The van der Waals surface area contributed by atoms with Crippen LogP contribution < -0.4 is 0 Å². The van der Waals surface area contributed by atoms with Crippen LogP contribution in [0.25, 0.3) is 0 Å². The molecule has 0 aliphatic carbocycles. The highest BCUT2D eigenvalue weighted by Gasteiger charge is 2.25. The summed E-state index contributed by atoms with van der Waals surface area (Å²) in [5.74, 6) is 0. The lowest BCUT2D eigenvalue weighted by molar-refractivity contribution is 0.176. The van der Waals surface area contributed by atoms with Gasteiger partial charge in [0.2, 0.25) is 0 Å². The first kappa shape index (κ1) is 12.5. The van der Waals surface area contributed by atoms with Crippen LogP contribution in [0.3, 0.4) is 0 Å². The molecule has 0 spiro atoms. The summed E-state index contributed by atoms with van der Waals surface area (Å²) in [6, 6.07) is 6.48. The van der Waals surface area contributed by atoms with Gasteiger partial charge in [0.15, 0.2) is 9.84 Å². The second-order valence-electron chi connectivity index (χ2n) is 3.53. The van der Waals surface area contributed by atoms with Crippen molar-refractivity contribution in [3.63, 3.8) is 0 Å². The molecule has 2 unspecified atom stereocenters. The first-order chi connectivity index (χ1) is 6.82. The Morgan fingerprint density at radius 3 is 2.13 bits per heavy atom. The summed E-state index contributed by atoms with van der Waals surface area (Å²) in [7, 11) is -3.24. The van der Waals surface area contributed by atoms with Crippen LogP contribution in [0, 0.1) is 0 Å². The zero-order valence-corrected chi connectivity index (χ0v) is 10.1. The van der Waals surface area contributed by atoms with Crippen LogP contribution in [0.1, 0.15) is 18.6 Å². The Morgan fingerprint density at radius 2 is 1.73 bits per heavy atom. The van der Waals surface area contributed by atoms with Gasteiger partial charge in [-0.1, -0.05) is 23.7 Å². The van der Waals surface area contributed by atoms with Crippen LogP contribution >= 0.6 is 11.6 Å². The van der Waals surface area contributed by atoms with E-state index >= 15 is 0 Å². The molecule has 84 valence electrons. The molecule has 0 fully saturated rings. The van der Waals surface area contributed by atoms with Crippen LogP contribution in [0.4, 0.5) is 0 Å². The Morgan fingerprint density at radius 1 is 1.27 bits per heavy atom. The van der Waals surface area contributed by atoms with Gasteiger partial charge in [-0.15, -0.1) is 0 Å². The van der Waals surface area contributed by atoms with Crippen molar-refractivity contribution in [2.45, 2.75) is 18.3 Å². The standard InChI is InChI=1S/C10H13ClO3S/c1-7(15(2,13)14)10(12)8-3-5-9(11)6-4-8/h3-7,10,12H,1-2H3. The zero-order chi connectivity index (χ0) is 11.6. The summed E-state index contributed by atoms with van der Waals surface area (Å²) in [4.78, 5) is 0. The van der Waals surface area contributed by atoms with Gasteiger partial charge in [0.25, 0.3) is 0 Å². The monoisotopic (exact) mass is 248 g/mol. The van der Waals surface area contributed by atoms with Gasteiger partial charge in [0.1, 0.15) is 0 Å². The van der Waals surface area contributed by atoms with Crippen LogP contribution in [0.15, 0.2) is 24.3 Å². The largest absolute Gasteiger partial charge is 0.387 e. The molecule has 0 saturated heterocycles. The van der Waals surface area contributed by atoms with Gasteiger partial charge in [-0.3, -0.25) is 0 Å². The van der Waals surface area contributed by atoms with Gasteiger partial charge < -0.3 is 5.11 Å². The number of rotatable bonds is 3. The number of aliphatic hydroxyl groups is 1. The van der Waals surface area contributed by atoms with Gasteiger partial charge >= 0.3 is 0 Å². The van der Waals surface area contributed by atoms with E-state index in [2.05, 4.69) is 0 Å². The van der Waals surface area contributed by atoms with Gasteiger partial charge in [-0.25, -0.2) is 8.42 Å². The number of hydrogen-bond acceptors (Lipinski definition) is 3. The van der Waals surface area contributed by atoms with Crippen molar-refractivity contribution in [1.29, 1.82) is 0 Å². The maximum absolute atomic E-state index is 11.2. The third-order valence-electron chi connectivity index (χ3n) is 2.33. The number of benzene rings is 1. The smallest absolute Gasteiger partial charge is 0.152 e. The van der Waals surface area contributed by atoms with Crippen LogP contribution in [-0.2, 0) is 9.84 Å². The Hall–Kier alpha value is -0.580. The van der Waals surface area contributed by atoms with Crippen molar-refractivity contribution in [1.82, 2.24) is 0 Å². The number of sulfone groups is 1. The van der Waals surface area contributed by atoms with Crippen molar-refractivity contribution < 1.29 is 13.5 Å². The number of halogens is 1. The predicted molar refractivity (Wildman–Crippen MR) is 60.7 cm³/mol. The maximum atomic E-state index is 11.2. The van der Waals surface area contributed by atoms with Gasteiger partial charge in [0, 0.05) is 11.3 Å². The topological polar surface area (TPSA) is 54.4 Å². The highest BCUT2D eigenvalue weighted by Crippen LogP contribution is 2.22. The molecule has 0 saturated carbocycles. The third kappa shape index (κ3) is 3.19. The minimum atomic E-state index is -3.24. The molecule has 0 radical (unpaired) electrons. The molecule has 1 N–H and O–H groups in total. The van der Waals surface area contributed by atoms with Crippen molar-refractivity contribution in [3.8, 4) is 0 Å². The maximum Gasteiger partial charge on any atom is 0.152 e. The van der Waals surface area contributed by atoms with E-state index < -0.39 is 21.2 Å². The highest BCUT2D eigenvalue weighted by atomic mass is 35.5. The van der Waals surface area contributed by atoms with E-state index in [4.69, 9.17) is 11.6 Å². The first-order valence-corrected chi connectivity index (χ1v) is 6.78. The fourth-order valence-corrected chi connectivity index (χ4v) is 1.92. The minimum absolute atomic E-state index is 0.553. The molecule has 0 aromatic heterocycles. The summed E-state index contributed by atoms with van der Waals surface area (Å²) in [5, 5.41) is 9.53. The molecule has 15 heavy (non-hydrogen) atoms. The van der Waals surface area contributed by atoms with E-state index in [1.54, 1.807) is 24.3 Å². The van der Waals surface area contributed by atoms with E-state index in [-0.39, 0.29) is 0 Å². The molecule has 1 aromatic carbocycles. The molecule has 0 aliphatic rings. The normalized spacial score (nSPS) is 16.0. The molecule has 0 amide bonds. The van der Waals surface area contributed by atoms with E-state index in [1.165, 1.54) is 6.92 Å². The lowest BCUT2D eigenvalue weighted by Gasteiger charge is -2.17. The molecule has 0 aliphatic heterocycles. The molecular weight excluding hydrogens is 236 g/mol. The summed E-state index contributed by atoms with van der Waals surface area (Å²) in [6.45, 7) is 1.48. The van der Waals surface area contributed by atoms with Crippen LogP contribution in [-0.4, -0.2) is 25.0 Å². The lowest BCUT2D eigenvalue weighted by Crippen LogP contribution is -2.24. The van der Waals surface area contributed by atoms with E-state index in [0.717, 1.165) is 6.26 Å². The highest BCUT2D eigenvalue weighted by molar-refractivity contribution is 7.91. The number of hydrogen-bond donors (Lipinski definition) is 1. The van der Waals surface area contributed by atoms with E-state index in [9.17, 15) is 13.5 Å². The van der Waals surface area contributed by atoms with Gasteiger partial charge in [-0.2, -0.15) is 0 Å². The summed E-state index contributed by atoms with van der Waals surface area (Å²) >= 11 is 5.69. The fraction of sp³-hybridized carbons (Fsp3) is 0.400. The molecule has 0 bridgehead atoms. The predicted octanol–water partition coefficient (Wildman–Crippen LogP) is 1.81. The summed E-state index contributed by atoms with van der Waals surface area (Å²) < 4.78 is 22.5. The Bertz CT molecular complexity index is 424. The SMILES string of the molecule is CC(C(O)c1ccc(Cl)cc1)S(C)(=O)=O. The third-order valence-corrected chi connectivity index (χ3v) is 4.19. The lowest BCUT2D eigenvalue weighted by atomic mass is 10.1. The Labute approximate surface area is 94.6 Å². The molecule has 0 heterocycles. The van der Waals surface area contributed by atoms with Gasteiger partial charge in [-0.05, 0) is 24.6 Å². The average molecular weight is 249 g/mol. The Kier molecular flexibility index (Phi) is 3.76. The molecule has 3 nitrogen and oxygen atoms in total. The molecule has 1 aromatic rings. The Balaban J connectivity index is 2.95. The van der Waals surface area contributed by atoms with Gasteiger partial charge in [0.05, 0.1) is 11.4 Å². The summed E-state index contributed by atoms with van der Waals surface area (Å²) in [5.41, 5.74) is 0.553. The number of aliphatic hydroxyl groups excluding tert-OH is 1. The fourth-order valence-electron chi connectivity index (χ4n) is 1.17. The zero-order valence-electron chi connectivity index (χ0n) is 8.51.